The number of halogens is 2. The van der Waals surface area contributed by atoms with Crippen LogP contribution in [0.25, 0.3) is 0 Å². The molecule has 0 aliphatic rings. The summed E-state index contributed by atoms with van der Waals surface area (Å²) in [6, 6.07) is 17.0. The van der Waals surface area contributed by atoms with Crippen LogP contribution in [0.3, 0.4) is 0 Å². The third-order valence-corrected chi connectivity index (χ3v) is 7.09. The highest BCUT2D eigenvalue weighted by atomic mass is 35.5. The number of ether oxygens (including phenoxy) is 2. The van der Waals surface area contributed by atoms with Gasteiger partial charge in [-0.1, -0.05) is 41.9 Å². The number of hydrogen-bond acceptors (Lipinski definition) is 6. The van der Waals surface area contributed by atoms with Crippen molar-refractivity contribution < 1.29 is 22.7 Å². The summed E-state index contributed by atoms with van der Waals surface area (Å²) < 4.78 is 38.9. The highest BCUT2D eigenvalue weighted by Gasteiger charge is 2.27. The zero-order valence-electron chi connectivity index (χ0n) is 19.9. The van der Waals surface area contributed by atoms with E-state index < -0.39 is 22.5 Å². The second-order valence-corrected chi connectivity index (χ2v) is 10.2. The van der Waals surface area contributed by atoms with E-state index in [4.69, 9.17) is 32.7 Å². The smallest absolute Gasteiger partial charge is 0.264 e. The Balaban J connectivity index is 1.79. The molecule has 0 atom stereocenters. The Morgan fingerprint density at radius 1 is 1.03 bits per heavy atom. The van der Waals surface area contributed by atoms with E-state index in [1.807, 2.05) is 6.92 Å². The van der Waals surface area contributed by atoms with Crippen LogP contribution in [-0.2, 0) is 14.8 Å². The van der Waals surface area contributed by atoms with Crippen molar-refractivity contribution in [3.05, 3.63) is 95.0 Å². The van der Waals surface area contributed by atoms with Crippen LogP contribution in [0, 0.1) is 0 Å². The second kappa shape index (κ2) is 13.1. The minimum atomic E-state index is -4.12. The molecule has 194 valence electrons. The third-order valence-electron chi connectivity index (χ3n) is 4.81. The molecule has 0 aliphatic carbocycles. The fourth-order valence-electron chi connectivity index (χ4n) is 3.17. The zero-order chi connectivity index (χ0) is 26.8. The van der Waals surface area contributed by atoms with Crippen LogP contribution in [0.4, 0.5) is 5.69 Å². The molecule has 0 unspecified atom stereocenters. The second-order valence-electron chi connectivity index (χ2n) is 7.48. The van der Waals surface area contributed by atoms with Crippen LogP contribution in [-0.4, -0.2) is 40.3 Å². The number of carbonyl (C=O) groups excluding carboxylic acids is 1. The van der Waals surface area contributed by atoms with E-state index in [1.165, 1.54) is 36.5 Å². The first-order valence-electron chi connectivity index (χ1n) is 11.1. The number of sulfonamides is 1. The molecule has 0 saturated carbocycles. The van der Waals surface area contributed by atoms with Gasteiger partial charge < -0.3 is 9.47 Å². The number of rotatable bonds is 12. The lowest BCUT2D eigenvalue weighted by Gasteiger charge is -2.23. The highest BCUT2D eigenvalue weighted by molar-refractivity contribution is 7.92. The van der Waals surface area contributed by atoms with Crippen molar-refractivity contribution in [2.45, 2.75) is 11.8 Å². The highest BCUT2D eigenvalue weighted by Crippen LogP contribution is 2.28. The van der Waals surface area contributed by atoms with Gasteiger partial charge in [-0.05, 0) is 73.2 Å². The Labute approximate surface area is 226 Å². The number of nitrogens with one attached hydrogen (secondary N) is 1. The van der Waals surface area contributed by atoms with Crippen molar-refractivity contribution in [3.63, 3.8) is 0 Å². The fraction of sp³-hybridized carbons (Fsp3) is 0.154. The van der Waals surface area contributed by atoms with Gasteiger partial charge in [-0.3, -0.25) is 9.10 Å². The molecule has 11 heteroatoms. The van der Waals surface area contributed by atoms with Crippen molar-refractivity contribution in [1.29, 1.82) is 0 Å². The summed E-state index contributed by atoms with van der Waals surface area (Å²) in [6.07, 6.45) is 3.04. The summed E-state index contributed by atoms with van der Waals surface area (Å²) in [7, 11) is -4.12. The summed E-state index contributed by atoms with van der Waals surface area (Å²) in [5.74, 6) is 0.401. The van der Waals surface area contributed by atoms with E-state index in [2.05, 4.69) is 17.1 Å². The number of anilines is 1. The number of hydrazone groups is 1. The molecule has 1 N–H and O–H groups in total. The van der Waals surface area contributed by atoms with Gasteiger partial charge in [0.1, 0.15) is 13.2 Å². The predicted octanol–water partition coefficient (Wildman–Crippen LogP) is 5.30. The average Bonchev–Trinajstić information content (AvgIpc) is 2.87. The quantitative estimate of drug-likeness (QED) is 0.184. The number of hydrogen-bond donors (Lipinski definition) is 1. The van der Waals surface area contributed by atoms with Gasteiger partial charge in [-0.2, -0.15) is 5.10 Å². The van der Waals surface area contributed by atoms with Gasteiger partial charge in [0.2, 0.25) is 0 Å². The van der Waals surface area contributed by atoms with Gasteiger partial charge in [-0.25, -0.2) is 13.8 Å². The molecule has 0 aliphatic heterocycles. The summed E-state index contributed by atoms with van der Waals surface area (Å²) in [6.45, 7) is 5.69. The summed E-state index contributed by atoms with van der Waals surface area (Å²) >= 11 is 12.0. The molecule has 0 heterocycles. The first kappa shape index (κ1) is 28.0. The first-order chi connectivity index (χ1) is 17.7. The lowest BCUT2D eigenvalue weighted by molar-refractivity contribution is -0.119. The number of benzene rings is 3. The minimum Gasteiger partial charge on any atom is -0.490 e. The van der Waals surface area contributed by atoms with Crippen LogP contribution >= 0.6 is 23.2 Å². The van der Waals surface area contributed by atoms with Gasteiger partial charge in [0.05, 0.1) is 23.4 Å². The van der Waals surface area contributed by atoms with Crippen molar-refractivity contribution in [1.82, 2.24) is 5.43 Å². The van der Waals surface area contributed by atoms with Crippen molar-refractivity contribution in [2.75, 3.05) is 24.1 Å². The lowest BCUT2D eigenvalue weighted by Crippen LogP contribution is -2.39. The van der Waals surface area contributed by atoms with E-state index in [0.717, 1.165) is 4.31 Å². The average molecular weight is 562 g/mol. The molecule has 8 nitrogen and oxygen atoms in total. The van der Waals surface area contributed by atoms with E-state index in [9.17, 15) is 13.2 Å². The standard InChI is InChI=1S/C26H25Cl2N3O5S/c1-3-14-36-24-13-8-19(15-25(24)35-4-2)17-29-30-26(32)18-31(22-7-5-6-21(28)16-22)37(33,34)23-11-9-20(27)10-12-23/h3,5-13,15-17H,1,4,14,18H2,2H3,(H,30,32)/b29-17-. The third kappa shape index (κ3) is 7.72. The molecule has 0 fully saturated rings. The topological polar surface area (TPSA) is 97.3 Å². The Bertz CT molecular complexity index is 1380. The zero-order valence-corrected chi connectivity index (χ0v) is 22.3. The van der Waals surface area contributed by atoms with Crippen molar-refractivity contribution in [3.8, 4) is 11.5 Å². The molecule has 3 rings (SSSR count). The number of amides is 1. The maximum absolute atomic E-state index is 13.4. The SMILES string of the molecule is C=CCOc1ccc(/C=N\NC(=O)CN(c2cccc(Cl)c2)S(=O)(=O)c2ccc(Cl)cc2)cc1OCC. The Kier molecular flexibility index (Phi) is 9.96. The fourth-order valence-corrected chi connectivity index (χ4v) is 4.89. The van der Waals surface area contributed by atoms with Crippen LogP contribution in [0.2, 0.25) is 10.0 Å². The van der Waals surface area contributed by atoms with E-state index in [-0.39, 0.29) is 10.6 Å². The molecule has 3 aromatic carbocycles. The van der Waals surface area contributed by atoms with Gasteiger partial charge in [0.25, 0.3) is 15.9 Å². The van der Waals surface area contributed by atoms with Crippen molar-refractivity contribution >= 4 is 51.0 Å². The molecular weight excluding hydrogens is 537 g/mol. The molecule has 3 aromatic rings. The van der Waals surface area contributed by atoms with Crippen LogP contribution < -0.4 is 19.2 Å². The van der Waals surface area contributed by atoms with E-state index in [1.54, 1.807) is 42.5 Å². The monoisotopic (exact) mass is 561 g/mol. The van der Waals surface area contributed by atoms with Gasteiger partial charge in [0.15, 0.2) is 11.5 Å². The Hall–Kier alpha value is -3.53. The van der Waals surface area contributed by atoms with Crippen LogP contribution in [0.15, 0.2) is 89.4 Å². The molecule has 0 radical (unpaired) electrons. The maximum Gasteiger partial charge on any atom is 0.264 e. The van der Waals surface area contributed by atoms with Crippen LogP contribution in [0.1, 0.15) is 12.5 Å². The van der Waals surface area contributed by atoms with Crippen LogP contribution in [0.5, 0.6) is 11.5 Å². The van der Waals surface area contributed by atoms with E-state index >= 15 is 0 Å². The summed E-state index contributed by atoms with van der Waals surface area (Å²) in [5, 5.41) is 4.66. The maximum atomic E-state index is 13.4. The first-order valence-corrected chi connectivity index (χ1v) is 13.3. The van der Waals surface area contributed by atoms with Crippen molar-refractivity contribution in [2.24, 2.45) is 5.10 Å². The minimum absolute atomic E-state index is 0.0320. The molecule has 0 saturated heterocycles. The Morgan fingerprint density at radius 2 is 1.78 bits per heavy atom. The van der Waals surface area contributed by atoms with Gasteiger partial charge >= 0.3 is 0 Å². The molecule has 0 bridgehead atoms. The predicted molar refractivity (Wildman–Crippen MR) is 146 cm³/mol. The van der Waals surface area contributed by atoms with E-state index in [0.29, 0.717) is 40.3 Å². The van der Waals surface area contributed by atoms with Gasteiger partial charge in [-0.15, -0.1) is 0 Å². The molecule has 37 heavy (non-hydrogen) atoms. The summed E-state index contributed by atoms with van der Waals surface area (Å²) in [4.78, 5) is 12.7. The molecule has 0 spiro atoms. The summed E-state index contributed by atoms with van der Waals surface area (Å²) in [5.41, 5.74) is 3.22. The lowest BCUT2D eigenvalue weighted by atomic mass is 10.2. The number of nitrogens with zero attached hydrogens (tertiary/aromatic N) is 2. The Morgan fingerprint density at radius 3 is 2.46 bits per heavy atom. The van der Waals surface area contributed by atoms with Gasteiger partial charge in [0, 0.05) is 10.0 Å². The normalized spacial score (nSPS) is 11.2. The molecule has 0 aromatic heterocycles. The largest absolute Gasteiger partial charge is 0.490 e. The molecular formula is C26H25Cl2N3O5S. The molecule has 1 amide bonds. The number of carbonyl (C=O) groups is 1.